The first-order valence-corrected chi connectivity index (χ1v) is 6.99. The molecule has 3 rings (SSSR count). The lowest BCUT2D eigenvalue weighted by Gasteiger charge is -2.21. The Morgan fingerprint density at radius 3 is 2.67 bits per heavy atom. The van der Waals surface area contributed by atoms with Crippen LogP contribution in [0.25, 0.3) is 0 Å². The molecule has 0 bridgehead atoms. The maximum absolute atomic E-state index is 11.3. The van der Waals surface area contributed by atoms with Gasteiger partial charge in [-0.3, -0.25) is 10.0 Å². The van der Waals surface area contributed by atoms with Gasteiger partial charge in [0.2, 0.25) is 5.91 Å². The third kappa shape index (κ3) is 2.76. The van der Waals surface area contributed by atoms with Crippen molar-refractivity contribution < 1.29 is 14.7 Å². The van der Waals surface area contributed by atoms with Gasteiger partial charge >= 0.3 is 0 Å². The number of carbonyl (C=O) groups is 1. The van der Waals surface area contributed by atoms with Crippen LogP contribution < -0.4 is 4.74 Å². The molecule has 2 aromatic carbocycles. The van der Waals surface area contributed by atoms with Gasteiger partial charge in [-0.05, 0) is 48.2 Å². The van der Waals surface area contributed by atoms with E-state index in [0.29, 0.717) is 0 Å². The zero-order valence-corrected chi connectivity index (χ0v) is 11.8. The van der Waals surface area contributed by atoms with Crippen molar-refractivity contribution in [2.24, 2.45) is 0 Å². The molecule has 0 heterocycles. The summed E-state index contributed by atoms with van der Waals surface area (Å²) in [5, 5.41) is 10.7. The first-order chi connectivity index (χ1) is 10.1. The second-order valence-corrected chi connectivity index (χ2v) is 5.19. The van der Waals surface area contributed by atoms with E-state index in [-0.39, 0.29) is 11.9 Å². The highest BCUT2D eigenvalue weighted by atomic mass is 16.5. The number of hydroxylamine groups is 2. The molecule has 0 radical (unpaired) electrons. The molecule has 1 unspecified atom stereocenters. The fraction of sp³-hybridized carbons (Fsp3) is 0.235. The van der Waals surface area contributed by atoms with E-state index < -0.39 is 0 Å². The standard InChI is InChI=1S/C17H17NO3/c1-12(19)18(20)17-10-7-13-11-15(8-9-16(13)17)21-14-5-3-2-4-6-14/h2-6,8-9,11,17,20H,7,10H2,1H3. The summed E-state index contributed by atoms with van der Waals surface area (Å²) in [6, 6.07) is 15.1. The summed E-state index contributed by atoms with van der Waals surface area (Å²) in [5.74, 6) is 1.23. The van der Waals surface area contributed by atoms with Crippen molar-refractivity contribution in [3.05, 3.63) is 59.7 Å². The van der Waals surface area contributed by atoms with Crippen molar-refractivity contribution in [1.82, 2.24) is 5.06 Å². The predicted octanol–water partition coefficient (Wildman–Crippen LogP) is 3.70. The zero-order valence-electron chi connectivity index (χ0n) is 11.8. The van der Waals surface area contributed by atoms with Crippen LogP contribution in [-0.4, -0.2) is 16.2 Å². The van der Waals surface area contributed by atoms with Crippen LogP contribution in [0.3, 0.4) is 0 Å². The van der Waals surface area contributed by atoms with Crippen LogP contribution in [0, 0.1) is 0 Å². The SMILES string of the molecule is CC(=O)N(O)C1CCc2cc(Oc3ccccc3)ccc21. The summed E-state index contributed by atoms with van der Waals surface area (Å²) in [5.41, 5.74) is 2.11. The Labute approximate surface area is 123 Å². The molecule has 0 fully saturated rings. The van der Waals surface area contributed by atoms with Gasteiger partial charge in [-0.25, -0.2) is 5.06 Å². The van der Waals surface area contributed by atoms with Crippen molar-refractivity contribution in [3.8, 4) is 11.5 Å². The van der Waals surface area contributed by atoms with Crippen LogP contribution in [0.15, 0.2) is 48.5 Å². The van der Waals surface area contributed by atoms with Gasteiger partial charge < -0.3 is 4.74 Å². The second kappa shape index (κ2) is 5.58. The van der Waals surface area contributed by atoms with Gasteiger partial charge in [0, 0.05) is 6.92 Å². The lowest BCUT2D eigenvalue weighted by Crippen LogP contribution is -2.28. The molecule has 1 aliphatic rings. The third-order valence-corrected chi connectivity index (χ3v) is 3.76. The Bertz CT molecular complexity index is 654. The highest BCUT2D eigenvalue weighted by Crippen LogP contribution is 2.37. The number of benzene rings is 2. The predicted molar refractivity (Wildman–Crippen MR) is 78.3 cm³/mol. The smallest absolute Gasteiger partial charge is 0.243 e. The van der Waals surface area contributed by atoms with E-state index >= 15 is 0 Å². The number of hydrogen-bond acceptors (Lipinski definition) is 3. The second-order valence-electron chi connectivity index (χ2n) is 5.19. The van der Waals surface area contributed by atoms with Gasteiger partial charge in [-0.2, -0.15) is 0 Å². The molecule has 1 atom stereocenters. The van der Waals surface area contributed by atoms with Crippen LogP contribution >= 0.6 is 0 Å². The normalized spacial score (nSPS) is 16.4. The van der Waals surface area contributed by atoms with Gasteiger partial charge in [0.15, 0.2) is 0 Å². The molecular formula is C17H17NO3. The minimum Gasteiger partial charge on any atom is -0.457 e. The van der Waals surface area contributed by atoms with Crippen LogP contribution in [0.1, 0.15) is 30.5 Å². The summed E-state index contributed by atoms with van der Waals surface area (Å²) in [7, 11) is 0. The van der Waals surface area contributed by atoms with E-state index in [0.717, 1.165) is 40.5 Å². The van der Waals surface area contributed by atoms with Crippen molar-refractivity contribution in [2.45, 2.75) is 25.8 Å². The number of hydrogen-bond donors (Lipinski definition) is 1. The first-order valence-electron chi connectivity index (χ1n) is 6.99. The summed E-state index contributed by atoms with van der Waals surface area (Å²) in [6.07, 6.45) is 1.57. The zero-order chi connectivity index (χ0) is 14.8. The topological polar surface area (TPSA) is 49.8 Å². The molecule has 21 heavy (non-hydrogen) atoms. The maximum Gasteiger partial charge on any atom is 0.243 e. The molecule has 4 heteroatoms. The largest absolute Gasteiger partial charge is 0.457 e. The number of fused-ring (bicyclic) bond motifs is 1. The highest BCUT2D eigenvalue weighted by Gasteiger charge is 2.29. The Morgan fingerprint density at radius 2 is 1.95 bits per heavy atom. The van der Waals surface area contributed by atoms with Gasteiger partial charge in [-0.1, -0.05) is 24.3 Å². The van der Waals surface area contributed by atoms with Crippen molar-refractivity contribution in [3.63, 3.8) is 0 Å². The fourth-order valence-corrected chi connectivity index (χ4v) is 2.73. The number of para-hydroxylation sites is 1. The molecule has 0 saturated carbocycles. The molecule has 4 nitrogen and oxygen atoms in total. The number of amides is 1. The Morgan fingerprint density at radius 1 is 1.19 bits per heavy atom. The molecule has 1 aliphatic carbocycles. The van der Waals surface area contributed by atoms with E-state index in [9.17, 15) is 10.0 Å². The van der Waals surface area contributed by atoms with Crippen LogP contribution in [0.4, 0.5) is 0 Å². The Kier molecular flexibility index (Phi) is 3.62. The van der Waals surface area contributed by atoms with E-state index in [1.165, 1.54) is 6.92 Å². The number of carbonyl (C=O) groups excluding carboxylic acids is 1. The Hall–Kier alpha value is -2.33. The number of aryl methyl sites for hydroxylation is 1. The minimum atomic E-state index is -0.336. The fourth-order valence-electron chi connectivity index (χ4n) is 2.73. The van der Waals surface area contributed by atoms with Crippen LogP contribution in [0.2, 0.25) is 0 Å². The molecule has 108 valence electrons. The number of rotatable bonds is 3. The Balaban J connectivity index is 1.82. The third-order valence-electron chi connectivity index (χ3n) is 3.76. The van der Waals surface area contributed by atoms with Crippen molar-refractivity contribution >= 4 is 5.91 Å². The summed E-state index contributed by atoms with van der Waals surface area (Å²) < 4.78 is 5.80. The summed E-state index contributed by atoms with van der Waals surface area (Å²) in [4.78, 5) is 11.3. The van der Waals surface area contributed by atoms with E-state index in [1.807, 2.05) is 48.5 Å². The van der Waals surface area contributed by atoms with Gasteiger partial charge in [0.05, 0.1) is 6.04 Å². The molecule has 1 amide bonds. The lowest BCUT2D eigenvalue weighted by atomic mass is 10.1. The molecule has 0 spiro atoms. The molecule has 2 aromatic rings. The summed E-state index contributed by atoms with van der Waals surface area (Å²) in [6.45, 7) is 1.37. The molecule has 1 N–H and O–H groups in total. The van der Waals surface area contributed by atoms with E-state index in [2.05, 4.69) is 0 Å². The van der Waals surface area contributed by atoms with Crippen molar-refractivity contribution in [1.29, 1.82) is 0 Å². The highest BCUT2D eigenvalue weighted by molar-refractivity contribution is 5.72. The van der Waals surface area contributed by atoms with Crippen molar-refractivity contribution in [2.75, 3.05) is 0 Å². The number of nitrogens with zero attached hydrogens (tertiary/aromatic N) is 1. The van der Waals surface area contributed by atoms with Gasteiger partial charge in [-0.15, -0.1) is 0 Å². The quantitative estimate of drug-likeness (QED) is 0.690. The first kappa shape index (κ1) is 13.6. The molecule has 0 aromatic heterocycles. The maximum atomic E-state index is 11.3. The number of ether oxygens (including phenoxy) is 1. The van der Waals surface area contributed by atoms with Crippen LogP contribution in [0.5, 0.6) is 11.5 Å². The molecular weight excluding hydrogens is 266 g/mol. The van der Waals surface area contributed by atoms with Gasteiger partial charge in [0.25, 0.3) is 0 Å². The van der Waals surface area contributed by atoms with E-state index in [1.54, 1.807) is 0 Å². The average molecular weight is 283 g/mol. The summed E-state index contributed by atoms with van der Waals surface area (Å²) >= 11 is 0. The molecule has 0 saturated heterocycles. The average Bonchev–Trinajstić information content (AvgIpc) is 2.90. The minimum absolute atomic E-state index is 0.247. The van der Waals surface area contributed by atoms with Crippen LogP contribution in [-0.2, 0) is 11.2 Å². The lowest BCUT2D eigenvalue weighted by molar-refractivity contribution is -0.173. The molecule has 0 aliphatic heterocycles. The van der Waals surface area contributed by atoms with E-state index in [4.69, 9.17) is 4.74 Å². The van der Waals surface area contributed by atoms with Gasteiger partial charge in [0.1, 0.15) is 11.5 Å². The monoisotopic (exact) mass is 283 g/mol.